The summed E-state index contributed by atoms with van der Waals surface area (Å²) in [4.78, 5) is 161. The van der Waals surface area contributed by atoms with Crippen molar-refractivity contribution in [3.63, 3.8) is 0 Å². The summed E-state index contributed by atoms with van der Waals surface area (Å²) in [5.74, 6) is -3.55. The van der Waals surface area contributed by atoms with Gasteiger partial charge in [0.1, 0.15) is 30.8 Å². The van der Waals surface area contributed by atoms with E-state index in [1.165, 1.54) is 94.7 Å². The summed E-state index contributed by atoms with van der Waals surface area (Å²) in [5.41, 5.74) is 1.61. The van der Waals surface area contributed by atoms with E-state index < -0.39 is 108 Å². The van der Waals surface area contributed by atoms with Crippen molar-refractivity contribution < 1.29 is 72.1 Å². The zero-order valence-corrected chi connectivity index (χ0v) is 66.9. The van der Waals surface area contributed by atoms with Gasteiger partial charge >= 0.3 is 6.09 Å². The van der Waals surface area contributed by atoms with Crippen molar-refractivity contribution in [2.24, 2.45) is 29.6 Å². The zero-order valence-electron chi connectivity index (χ0n) is 65.3. The predicted molar refractivity (Wildman–Crippen MR) is 411 cm³/mol. The quantitative estimate of drug-likeness (QED) is 0.0374. The molecule has 106 heavy (non-hydrogen) atoms. The number of ether oxygens (including phenoxy) is 3. The lowest BCUT2D eigenvalue weighted by Gasteiger charge is -2.42. The van der Waals surface area contributed by atoms with Gasteiger partial charge in [-0.1, -0.05) is 136 Å². The number of nitrogens with one attached hydrogen (secondary N) is 5. The highest BCUT2D eigenvalue weighted by atomic mass is 32.2. The lowest BCUT2D eigenvalue weighted by atomic mass is 9.88. The fraction of sp³-hybridized carbons (Fsp3) is 0.705. The average molecular weight is 1520 g/mol. The van der Waals surface area contributed by atoms with Crippen LogP contribution in [0.3, 0.4) is 0 Å². The minimum atomic E-state index is -1.07. The molecule has 6 N–H and O–H groups in total. The molecule has 2 unspecified atom stereocenters. The average Bonchev–Trinajstić information content (AvgIpc) is 1.24. The number of nitrogens with zero attached hydrogens (tertiary/aromatic N) is 6. The number of likely N-dealkylation sites (N-methyl/N-ethyl adjacent to an activating group) is 2. The first-order valence-electron chi connectivity index (χ1n) is 38.4. The molecule has 3 heterocycles. The normalized spacial score (nSPS) is 20.9. The summed E-state index contributed by atoms with van der Waals surface area (Å²) in [6.45, 7) is 18.1. The lowest BCUT2D eigenvalue weighted by Crippen LogP contribution is -2.59. The molecular formula is C78H123N11O15S2. The molecule has 6 rings (SSSR count). The molecule has 592 valence electrons. The third-order valence-corrected chi connectivity index (χ3v) is 23.7. The third-order valence-electron chi connectivity index (χ3n) is 21.4. The van der Waals surface area contributed by atoms with Crippen LogP contribution in [0.4, 0.5) is 10.5 Å². The molecular weight excluding hydrogens is 1400 g/mol. The van der Waals surface area contributed by atoms with E-state index in [0.29, 0.717) is 72.4 Å². The second kappa shape index (κ2) is 43.8. The fourth-order valence-corrected chi connectivity index (χ4v) is 16.9. The standard InChI is InChI=1S/C78H123N11O15S2/c1-15-51(6)70(62(102-13)43-67(94)89-40-24-32-61(89)72(103-14)52(7)73(96)79-53(8)71(95)58-28-19-17-20-29-58)84(11)77(100)55(10)81-76(99)69(50(4)5)85(12)78(101)104-44-57-34-36-59(37-35-57)82-74(97)54(9)80-75(98)68(49(2)3)83-63(90)45-105-41-38-65(92)87-46-86-47-88(48-87)66(93)39-42-106-60-30-21-16-18-25-56(26-22-31-60)27-23-33-64(86)91/h17,19-20,28-29,34-37,49-56,60-62,68-72,95H,15-16,18,21-27,30-33,38-48H2,1-14H3,(H,79,96)(H,80,98)(H,81,99)(H,82,97)(H,83,90)/t51-,52+,53+,54-,55-,56?,60?,61-,62+,68-,69-,70-,71+,72+/m0/s1. The number of carbonyl (C=O) groups excluding carboxylic acids is 11. The molecule has 1 saturated carbocycles. The first-order valence-corrected chi connectivity index (χ1v) is 40.6. The van der Waals surface area contributed by atoms with E-state index >= 15 is 0 Å². The SMILES string of the molecule is CC[C@H](C)[C@@H]([C@@H](CC(=O)N1CCC[C@H]1[C@H](OC)[C@@H](C)C(=O)N[C@H](C)[C@@H](O)c1ccccc1)OC)N(C)C(=O)[C@H](C)NC(=O)[C@H](C(C)C)N(C)C(=O)OCc1ccc(NC(=O)[C@H](C)NC(=O)[C@@H](NC(=O)CSCCC(=O)N2CN3CN(C2)C(=O)CCSC2CCCCCC(CCCC3=O)CCC2)C(C)C)cc1. The molecule has 3 aliphatic heterocycles. The van der Waals surface area contributed by atoms with Crippen LogP contribution < -0.4 is 26.6 Å². The summed E-state index contributed by atoms with van der Waals surface area (Å²) >= 11 is 3.11. The van der Waals surface area contributed by atoms with E-state index in [0.717, 1.165) is 19.3 Å². The van der Waals surface area contributed by atoms with Gasteiger partial charge in [0.15, 0.2) is 0 Å². The van der Waals surface area contributed by atoms with Crippen LogP contribution in [0.25, 0.3) is 0 Å². The second-order valence-corrected chi connectivity index (χ2v) is 32.6. The number of amides is 11. The minimum absolute atomic E-state index is 0.0432. The van der Waals surface area contributed by atoms with E-state index in [2.05, 4.69) is 26.6 Å². The number of fused-ring (bicyclic) bond motifs is 6. The molecule has 14 atom stereocenters. The summed E-state index contributed by atoms with van der Waals surface area (Å²) in [6.07, 6.45) is 10.8. The summed E-state index contributed by atoms with van der Waals surface area (Å²) in [5, 5.41) is 25.5. The molecule has 2 aromatic carbocycles. The monoisotopic (exact) mass is 1520 g/mol. The van der Waals surface area contributed by atoms with Crippen LogP contribution in [0.2, 0.25) is 0 Å². The van der Waals surface area contributed by atoms with Crippen molar-refractivity contribution in [3.8, 4) is 0 Å². The van der Waals surface area contributed by atoms with Gasteiger partial charge < -0.3 is 70.4 Å². The second-order valence-electron chi connectivity index (χ2n) is 30.1. The molecule has 26 nitrogen and oxygen atoms in total. The minimum Gasteiger partial charge on any atom is -0.445 e. The topological polar surface area (TPSA) is 315 Å². The number of likely N-dealkylation sites (tertiary alicyclic amines) is 1. The Bertz CT molecular complexity index is 3170. The third kappa shape index (κ3) is 26.1. The molecule has 4 fully saturated rings. The van der Waals surface area contributed by atoms with Gasteiger partial charge in [0.05, 0.1) is 74.5 Å². The van der Waals surface area contributed by atoms with Gasteiger partial charge in [0.25, 0.3) is 0 Å². The van der Waals surface area contributed by atoms with E-state index in [1.54, 1.807) is 112 Å². The van der Waals surface area contributed by atoms with Gasteiger partial charge in [0, 0.05) is 76.6 Å². The number of aliphatic hydroxyl groups is 1. The molecule has 4 aliphatic rings. The van der Waals surface area contributed by atoms with Crippen LogP contribution >= 0.6 is 23.5 Å². The van der Waals surface area contributed by atoms with Gasteiger partial charge in [-0.15, -0.1) is 0 Å². The Morgan fingerprint density at radius 1 is 0.660 bits per heavy atom. The Hall–Kier alpha value is -7.01. The van der Waals surface area contributed by atoms with Crippen molar-refractivity contribution in [1.82, 2.24) is 50.7 Å². The number of thioether (sulfide) groups is 2. The highest BCUT2D eigenvalue weighted by Gasteiger charge is 2.44. The van der Waals surface area contributed by atoms with Crippen molar-refractivity contribution in [2.45, 2.75) is 251 Å². The highest BCUT2D eigenvalue weighted by molar-refractivity contribution is 8.00. The van der Waals surface area contributed by atoms with Gasteiger partial charge in [0.2, 0.25) is 59.1 Å². The molecule has 0 radical (unpaired) electrons. The maximum atomic E-state index is 14.4. The van der Waals surface area contributed by atoms with Crippen molar-refractivity contribution in [3.05, 3.63) is 65.7 Å². The summed E-state index contributed by atoms with van der Waals surface area (Å²) in [7, 11) is 6.07. The molecule has 2 aromatic rings. The zero-order chi connectivity index (χ0) is 77.9. The number of hydrogen-bond acceptors (Lipinski definition) is 17. The molecule has 1 aliphatic carbocycles. The van der Waals surface area contributed by atoms with Gasteiger partial charge in [-0.25, -0.2) is 4.79 Å². The van der Waals surface area contributed by atoms with Gasteiger partial charge in [-0.2, -0.15) is 23.5 Å². The van der Waals surface area contributed by atoms with Crippen LogP contribution in [0, 0.1) is 29.6 Å². The Morgan fingerprint density at radius 3 is 1.95 bits per heavy atom. The van der Waals surface area contributed by atoms with Crippen LogP contribution in [-0.2, 0) is 68.8 Å². The van der Waals surface area contributed by atoms with E-state index in [1.807, 2.05) is 43.8 Å². The van der Waals surface area contributed by atoms with E-state index in [-0.39, 0.29) is 92.3 Å². The molecule has 28 heteroatoms. The number of hydrogen-bond donors (Lipinski definition) is 6. The molecule has 4 bridgehead atoms. The van der Waals surface area contributed by atoms with Gasteiger partial charge in [-0.05, 0) is 106 Å². The molecule has 3 saturated heterocycles. The van der Waals surface area contributed by atoms with Crippen LogP contribution in [0.1, 0.15) is 196 Å². The predicted octanol–water partition coefficient (Wildman–Crippen LogP) is 8.45. The summed E-state index contributed by atoms with van der Waals surface area (Å²) < 4.78 is 17.7. The van der Waals surface area contributed by atoms with Crippen LogP contribution in [-0.4, -0.2) is 232 Å². The summed E-state index contributed by atoms with van der Waals surface area (Å²) in [6, 6.07) is 9.78. The number of benzene rings is 2. The Labute approximate surface area is 637 Å². The number of aliphatic hydroxyl groups excluding tert-OH is 1. The maximum absolute atomic E-state index is 14.4. The maximum Gasteiger partial charge on any atom is 0.410 e. The van der Waals surface area contributed by atoms with Crippen LogP contribution in [0.5, 0.6) is 0 Å². The molecule has 0 spiro atoms. The first-order chi connectivity index (χ1) is 50.5. The van der Waals surface area contributed by atoms with Crippen molar-refractivity contribution in [2.75, 3.05) is 77.4 Å². The number of rotatable bonds is 32. The van der Waals surface area contributed by atoms with Crippen LogP contribution in [0.15, 0.2) is 54.6 Å². The highest BCUT2D eigenvalue weighted by Crippen LogP contribution is 2.33. The molecule has 0 aromatic heterocycles. The largest absolute Gasteiger partial charge is 0.445 e. The fourth-order valence-electron chi connectivity index (χ4n) is 14.9. The smallest absolute Gasteiger partial charge is 0.410 e. The first kappa shape index (κ1) is 87.9. The lowest BCUT2D eigenvalue weighted by molar-refractivity contribution is -0.158. The van der Waals surface area contributed by atoms with Gasteiger partial charge in [-0.3, -0.25) is 52.8 Å². The van der Waals surface area contributed by atoms with E-state index in [4.69, 9.17) is 14.2 Å². The van der Waals surface area contributed by atoms with E-state index in [9.17, 15) is 57.8 Å². The Kier molecular flexibility index (Phi) is 36.4. The van der Waals surface area contributed by atoms with Crippen molar-refractivity contribution >= 4 is 94.4 Å². The number of methoxy groups -OCH3 is 2. The Morgan fingerprint density at radius 2 is 1.30 bits per heavy atom. The molecule has 11 amide bonds. The Balaban J connectivity index is 0.933. The van der Waals surface area contributed by atoms with Crippen molar-refractivity contribution in [1.29, 1.82) is 0 Å². The number of anilines is 1. The number of carbonyl (C=O) groups is 11.